The van der Waals surface area contributed by atoms with Crippen LogP contribution in [0.25, 0.3) is 6.08 Å². The van der Waals surface area contributed by atoms with E-state index in [0.29, 0.717) is 33.9 Å². The van der Waals surface area contributed by atoms with Crippen LogP contribution in [0.3, 0.4) is 0 Å². The van der Waals surface area contributed by atoms with Gasteiger partial charge in [0.2, 0.25) is 5.91 Å². The second-order valence-electron chi connectivity index (χ2n) is 11.1. The molecule has 1 aliphatic heterocycles. The van der Waals surface area contributed by atoms with E-state index in [4.69, 9.17) is 11.6 Å². The molecule has 0 spiro atoms. The lowest BCUT2D eigenvalue weighted by molar-refractivity contribution is -0.134. The van der Waals surface area contributed by atoms with Crippen molar-refractivity contribution in [3.8, 4) is 6.07 Å². The molecule has 37 heavy (non-hydrogen) atoms. The molecule has 8 heteroatoms. The summed E-state index contributed by atoms with van der Waals surface area (Å²) in [5, 5.41) is 12.6. The van der Waals surface area contributed by atoms with Crippen LogP contribution < -0.4 is 10.9 Å². The summed E-state index contributed by atoms with van der Waals surface area (Å²) in [5.74, 6) is -0.190. The van der Waals surface area contributed by atoms with Gasteiger partial charge >= 0.3 is 0 Å². The van der Waals surface area contributed by atoms with Crippen LogP contribution in [0.2, 0.25) is 5.02 Å². The Kier molecular flexibility index (Phi) is 6.27. The molecule has 1 saturated heterocycles. The summed E-state index contributed by atoms with van der Waals surface area (Å²) in [6, 6.07) is 8.08. The van der Waals surface area contributed by atoms with E-state index in [1.165, 1.54) is 48.6 Å². The number of piperidine rings is 1. The van der Waals surface area contributed by atoms with E-state index in [1.807, 2.05) is 24.0 Å². The van der Waals surface area contributed by atoms with Crippen LogP contribution in [0.5, 0.6) is 0 Å². The molecule has 2 aliphatic carbocycles. The molecule has 3 fully saturated rings. The highest BCUT2D eigenvalue weighted by Gasteiger charge is 2.70. The van der Waals surface area contributed by atoms with Crippen molar-refractivity contribution in [2.24, 2.45) is 17.9 Å². The molecule has 1 aromatic heterocycles. The van der Waals surface area contributed by atoms with Crippen LogP contribution in [0.4, 0.5) is 5.69 Å². The van der Waals surface area contributed by atoms with Gasteiger partial charge in [-0.15, -0.1) is 0 Å². The number of rotatable bonds is 5. The van der Waals surface area contributed by atoms with E-state index in [2.05, 4.69) is 18.3 Å². The van der Waals surface area contributed by atoms with Gasteiger partial charge in [-0.05, 0) is 79.2 Å². The molecule has 3 aliphatic rings. The van der Waals surface area contributed by atoms with E-state index >= 15 is 0 Å². The first kappa shape index (κ1) is 25.3. The Bertz CT molecular complexity index is 1440. The number of carbonyl (C=O) groups is 2. The number of likely N-dealkylation sites (tertiary alicyclic amines) is 1. The fourth-order valence-corrected chi connectivity index (χ4v) is 6.23. The second-order valence-corrected chi connectivity index (χ2v) is 11.6. The van der Waals surface area contributed by atoms with Gasteiger partial charge < -0.3 is 14.8 Å². The number of anilines is 1. The second kappa shape index (κ2) is 9.18. The largest absolute Gasteiger partial charge is 0.342 e. The number of benzene rings is 1. The maximum absolute atomic E-state index is 12.9. The van der Waals surface area contributed by atoms with E-state index in [-0.39, 0.29) is 11.3 Å². The Morgan fingerprint density at radius 1 is 1.19 bits per heavy atom. The standard InChI is InChI=1S/C29H31ClN4O3/c1-18-20(10-19-4-8-34(9-5-19)26(36)15-29-7-6-28(29,2)17-29)11-22(30)14-24(18)32-27(37)21-12-23(16-31)33(3)25(35)13-21/h10-14H,4-9,15,17H2,1-3H3,(H,32,37). The topological polar surface area (TPSA) is 95.2 Å². The van der Waals surface area contributed by atoms with Gasteiger partial charge in [0.05, 0.1) is 0 Å². The van der Waals surface area contributed by atoms with Crippen LogP contribution in [-0.2, 0) is 11.8 Å². The van der Waals surface area contributed by atoms with Crippen LogP contribution in [0.15, 0.2) is 34.6 Å². The number of nitrogens with zero attached hydrogens (tertiary/aromatic N) is 3. The van der Waals surface area contributed by atoms with E-state index < -0.39 is 11.5 Å². The number of halogens is 1. The average Bonchev–Trinajstić information content (AvgIpc) is 3.28. The molecule has 1 aromatic carbocycles. The summed E-state index contributed by atoms with van der Waals surface area (Å²) in [4.78, 5) is 39.9. The van der Waals surface area contributed by atoms with Crippen molar-refractivity contribution >= 4 is 35.2 Å². The van der Waals surface area contributed by atoms with Crippen LogP contribution in [0.1, 0.15) is 72.6 Å². The summed E-state index contributed by atoms with van der Waals surface area (Å²) in [7, 11) is 1.49. The van der Waals surface area contributed by atoms with E-state index in [9.17, 15) is 19.6 Å². The fraction of sp³-hybridized carbons (Fsp3) is 0.448. The third-order valence-corrected chi connectivity index (χ3v) is 9.17. The van der Waals surface area contributed by atoms with Crippen molar-refractivity contribution in [1.29, 1.82) is 5.26 Å². The number of nitriles is 1. The maximum atomic E-state index is 12.9. The molecule has 5 rings (SSSR count). The molecule has 2 aromatic rings. The zero-order chi connectivity index (χ0) is 26.5. The molecule has 0 radical (unpaired) electrons. The van der Waals surface area contributed by atoms with Crippen molar-refractivity contribution in [1.82, 2.24) is 9.47 Å². The highest BCUT2D eigenvalue weighted by molar-refractivity contribution is 6.31. The number of amides is 2. The number of carbonyl (C=O) groups excluding carboxylic acids is 2. The lowest BCUT2D eigenvalue weighted by Gasteiger charge is -2.35. The van der Waals surface area contributed by atoms with Gasteiger partial charge in [0.1, 0.15) is 11.8 Å². The SMILES string of the molecule is Cc1c(C=C2CCN(C(=O)CC34CCC3(C)C4)CC2)cc(Cl)cc1NC(=O)c1cc(C#N)n(C)c(=O)c1. The van der Waals surface area contributed by atoms with Gasteiger partial charge in [0.25, 0.3) is 11.5 Å². The summed E-state index contributed by atoms with van der Waals surface area (Å²) in [5.41, 5.74) is 4.06. The zero-order valence-corrected chi connectivity index (χ0v) is 22.2. The van der Waals surface area contributed by atoms with Crippen LogP contribution in [0, 0.1) is 29.1 Å². The quantitative estimate of drug-likeness (QED) is 0.598. The van der Waals surface area contributed by atoms with Gasteiger partial charge in [-0.2, -0.15) is 5.26 Å². The van der Waals surface area contributed by atoms with Gasteiger partial charge in [-0.3, -0.25) is 14.4 Å². The van der Waals surface area contributed by atoms with Gasteiger partial charge in [0.15, 0.2) is 0 Å². The van der Waals surface area contributed by atoms with Crippen molar-refractivity contribution in [2.45, 2.75) is 52.4 Å². The number of hydrogen-bond acceptors (Lipinski definition) is 4. The molecular weight excluding hydrogens is 488 g/mol. The number of nitrogens with one attached hydrogen (secondary N) is 1. The van der Waals surface area contributed by atoms with Crippen molar-refractivity contribution in [3.05, 3.63) is 67.6 Å². The van der Waals surface area contributed by atoms with Crippen molar-refractivity contribution < 1.29 is 9.59 Å². The Balaban J connectivity index is 1.27. The molecule has 0 bridgehead atoms. The molecule has 7 nitrogen and oxygen atoms in total. The van der Waals surface area contributed by atoms with E-state index in [1.54, 1.807) is 6.07 Å². The fourth-order valence-electron chi connectivity index (χ4n) is 6.00. The van der Waals surface area contributed by atoms with Crippen LogP contribution in [-0.4, -0.2) is 34.4 Å². The third-order valence-electron chi connectivity index (χ3n) is 8.95. The summed E-state index contributed by atoms with van der Waals surface area (Å²) >= 11 is 6.39. The van der Waals surface area contributed by atoms with Gasteiger partial charge in [0, 0.05) is 48.9 Å². The first-order chi connectivity index (χ1) is 17.5. The Labute approximate surface area is 221 Å². The highest BCUT2D eigenvalue weighted by Crippen LogP contribution is 2.79. The third kappa shape index (κ3) is 4.59. The van der Waals surface area contributed by atoms with Crippen molar-refractivity contribution in [2.75, 3.05) is 18.4 Å². The minimum atomic E-state index is -0.484. The minimum absolute atomic E-state index is 0.106. The molecule has 2 saturated carbocycles. The number of aromatic nitrogens is 1. The zero-order valence-electron chi connectivity index (χ0n) is 21.5. The number of fused-ring (bicyclic) bond motifs is 1. The van der Waals surface area contributed by atoms with Crippen molar-refractivity contribution in [3.63, 3.8) is 0 Å². The van der Waals surface area contributed by atoms with Gasteiger partial charge in [-0.25, -0.2) is 0 Å². The highest BCUT2D eigenvalue weighted by atomic mass is 35.5. The summed E-state index contributed by atoms with van der Waals surface area (Å²) in [6.45, 7) is 5.68. The molecule has 1 N–H and O–H groups in total. The minimum Gasteiger partial charge on any atom is -0.342 e. The lowest BCUT2D eigenvalue weighted by atomic mass is 9.73. The summed E-state index contributed by atoms with van der Waals surface area (Å²) in [6.07, 6.45) is 8.09. The molecule has 2 amide bonds. The predicted molar refractivity (Wildman–Crippen MR) is 143 cm³/mol. The Morgan fingerprint density at radius 3 is 2.51 bits per heavy atom. The first-order valence-corrected chi connectivity index (χ1v) is 13.1. The molecular formula is C29H31ClN4O3. The maximum Gasteiger partial charge on any atom is 0.255 e. The molecule has 2 atom stereocenters. The Morgan fingerprint density at radius 2 is 1.92 bits per heavy atom. The lowest BCUT2D eigenvalue weighted by Crippen LogP contribution is -2.39. The Hall–Kier alpha value is -3.37. The molecule has 2 heterocycles. The summed E-state index contributed by atoms with van der Waals surface area (Å²) < 4.78 is 1.19. The number of hydrogen-bond donors (Lipinski definition) is 1. The average molecular weight is 519 g/mol. The smallest absolute Gasteiger partial charge is 0.255 e. The molecule has 2 unspecified atom stereocenters. The normalized spacial score (nSPS) is 24.0. The van der Waals surface area contributed by atoms with Gasteiger partial charge in [-0.1, -0.05) is 30.2 Å². The predicted octanol–water partition coefficient (Wildman–Crippen LogP) is 5.06. The first-order valence-electron chi connectivity index (χ1n) is 12.7. The van der Waals surface area contributed by atoms with Crippen LogP contribution >= 0.6 is 11.6 Å². The monoisotopic (exact) mass is 518 g/mol. The molecule has 192 valence electrons. The van der Waals surface area contributed by atoms with E-state index in [0.717, 1.165) is 37.1 Å². The number of pyridine rings is 1.